The van der Waals surface area contributed by atoms with E-state index in [1.54, 1.807) is 30.0 Å². The number of carbonyl (C=O) groups excluding carboxylic acids is 2. The summed E-state index contributed by atoms with van der Waals surface area (Å²) in [6, 6.07) is 11.3. The van der Waals surface area contributed by atoms with Crippen LogP contribution >= 0.6 is 24.4 Å². The second-order valence-corrected chi connectivity index (χ2v) is 12.5. The van der Waals surface area contributed by atoms with Gasteiger partial charge < -0.3 is 15.0 Å². The van der Waals surface area contributed by atoms with E-state index in [1.807, 2.05) is 18.4 Å². The molecule has 0 unspecified atom stereocenters. The predicted octanol–water partition coefficient (Wildman–Crippen LogP) is 5.00. The van der Waals surface area contributed by atoms with E-state index in [-0.39, 0.29) is 23.8 Å². The average molecular weight is 586 g/mol. The van der Waals surface area contributed by atoms with Crippen LogP contribution in [0.1, 0.15) is 41.6 Å². The summed E-state index contributed by atoms with van der Waals surface area (Å²) >= 11 is 6.23. The van der Waals surface area contributed by atoms with E-state index in [2.05, 4.69) is 54.0 Å². The smallest absolute Gasteiger partial charge is 0.328 e. The van der Waals surface area contributed by atoms with Gasteiger partial charge in [-0.1, -0.05) is 30.4 Å². The van der Waals surface area contributed by atoms with Gasteiger partial charge in [-0.05, 0) is 92.7 Å². The third-order valence-electron chi connectivity index (χ3n) is 7.68. The molecule has 0 bridgehead atoms. The largest absolute Gasteiger partial charge is 0.461 e. The third-order valence-corrected chi connectivity index (χ3v) is 8.70. The van der Waals surface area contributed by atoms with Gasteiger partial charge in [0.05, 0.1) is 0 Å². The number of benzene rings is 2. The molecule has 40 heavy (non-hydrogen) atoms. The van der Waals surface area contributed by atoms with Gasteiger partial charge in [-0.25, -0.2) is 9.18 Å². The summed E-state index contributed by atoms with van der Waals surface area (Å²) in [6.07, 6.45) is 9.10. The monoisotopic (exact) mass is 585 g/mol. The maximum absolute atomic E-state index is 13.7. The van der Waals surface area contributed by atoms with Crippen LogP contribution in [-0.4, -0.2) is 90.9 Å². The molecule has 2 saturated heterocycles. The molecule has 0 radical (unpaired) electrons. The fourth-order valence-electron chi connectivity index (χ4n) is 5.25. The fourth-order valence-corrected chi connectivity index (χ4v) is 6.20. The first-order valence-corrected chi connectivity index (χ1v) is 15.8. The number of hydrogen-bond donors (Lipinski definition) is 2. The molecule has 216 valence electrons. The van der Waals surface area contributed by atoms with Gasteiger partial charge in [0, 0.05) is 36.5 Å². The molecule has 2 aromatic carbocycles. The normalized spacial score (nSPS) is 21.5. The van der Waals surface area contributed by atoms with E-state index >= 15 is 0 Å². The molecule has 2 aromatic rings. The molecule has 1 amide bonds. The van der Waals surface area contributed by atoms with Crippen LogP contribution in [0.15, 0.2) is 48.5 Å². The standard InChI is InChI=1S/C31H40FN3O3S2/c1-34-15-12-25(13-16-34)38-31(37)29(14-17-40-3)33-30(36)27-11-5-21(4-10-24-19-26(39)20-35(24)2)18-28(27)22-6-8-23(32)9-7-22/h4-11,18,24-26,29,39H,12-17,19-20H2,1-3H3,(H,33,36)/b10-4+/t24-,26+,29+/m1/s1. The average Bonchev–Trinajstić information content (AvgIpc) is 3.27. The summed E-state index contributed by atoms with van der Waals surface area (Å²) < 4.78 is 19.6. The molecular weight excluding hydrogens is 545 g/mol. The summed E-state index contributed by atoms with van der Waals surface area (Å²) in [7, 11) is 4.15. The lowest BCUT2D eigenvalue weighted by Gasteiger charge is -2.30. The maximum Gasteiger partial charge on any atom is 0.328 e. The number of nitrogens with one attached hydrogen (secondary N) is 1. The lowest BCUT2D eigenvalue weighted by molar-refractivity contribution is -0.153. The van der Waals surface area contributed by atoms with Crippen LogP contribution in [0.5, 0.6) is 0 Å². The first kappa shape index (κ1) is 30.6. The molecule has 9 heteroatoms. The van der Waals surface area contributed by atoms with E-state index < -0.39 is 6.04 Å². The predicted molar refractivity (Wildman–Crippen MR) is 166 cm³/mol. The van der Waals surface area contributed by atoms with Crippen LogP contribution in [0.2, 0.25) is 0 Å². The molecule has 0 spiro atoms. The van der Waals surface area contributed by atoms with Gasteiger partial charge in [-0.15, -0.1) is 0 Å². The Hall–Kier alpha value is -2.33. The SMILES string of the molecule is CSCC[C@H](NC(=O)c1ccc(/C=C/[C@@H]2C[C@H](S)CN2C)cc1-c1ccc(F)cc1)C(=O)OC1CCN(C)CC1. The number of amides is 1. The quantitative estimate of drug-likeness (QED) is 0.303. The number of thioether (sulfide) groups is 1. The van der Waals surface area contributed by atoms with Crippen molar-refractivity contribution in [3.63, 3.8) is 0 Å². The van der Waals surface area contributed by atoms with Gasteiger partial charge in [-0.3, -0.25) is 9.69 Å². The van der Waals surface area contributed by atoms with Crippen LogP contribution in [0.3, 0.4) is 0 Å². The molecule has 2 heterocycles. The van der Waals surface area contributed by atoms with Crippen molar-refractivity contribution in [2.24, 2.45) is 0 Å². The van der Waals surface area contributed by atoms with Gasteiger partial charge in [0.25, 0.3) is 5.91 Å². The Bertz CT molecular complexity index is 1180. The van der Waals surface area contributed by atoms with Crippen LogP contribution in [0.4, 0.5) is 4.39 Å². The Morgan fingerprint density at radius 1 is 1.18 bits per heavy atom. The van der Waals surface area contributed by atoms with Crippen LogP contribution in [-0.2, 0) is 9.53 Å². The minimum Gasteiger partial charge on any atom is -0.461 e. The zero-order valence-corrected chi connectivity index (χ0v) is 25.2. The van der Waals surface area contributed by atoms with Crippen molar-refractivity contribution in [1.82, 2.24) is 15.1 Å². The molecule has 2 aliphatic heterocycles. The molecule has 0 aromatic heterocycles. The number of hydrogen-bond acceptors (Lipinski definition) is 7. The number of piperidine rings is 1. The van der Waals surface area contributed by atoms with E-state index in [9.17, 15) is 14.0 Å². The molecular formula is C31H40FN3O3S2. The molecule has 0 saturated carbocycles. The van der Waals surface area contributed by atoms with E-state index in [0.29, 0.717) is 34.6 Å². The highest BCUT2D eigenvalue weighted by Gasteiger charge is 2.28. The number of halogens is 1. The topological polar surface area (TPSA) is 61.9 Å². The van der Waals surface area contributed by atoms with Crippen molar-refractivity contribution in [2.45, 2.75) is 49.1 Å². The Kier molecular flexibility index (Phi) is 11.1. The molecule has 3 atom stereocenters. The molecule has 1 N–H and O–H groups in total. The molecule has 2 aliphatic rings. The Morgan fingerprint density at radius 3 is 2.55 bits per heavy atom. The van der Waals surface area contributed by atoms with Crippen LogP contribution < -0.4 is 5.32 Å². The Balaban J connectivity index is 1.56. The highest BCUT2D eigenvalue weighted by Crippen LogP contribution is 2.28. The number of rotatable bonds is 10. The van der Waals surface area contributed by atoms with Crippen LogP contribution in [0, 0.1) is 5.82 Å². The molecule has 4 rings (SSSR count). The van der Waals surface area contributed by atoms with Crippen LogP contribution in [0.25, 0.3) is 17.2 Å². The minimum absolute atomic E-state index is 0.130. The number of esters is 1. The number of ether oxygens (including phenoxy) is 1. The number of likely N-dealkylation sites (tertiary alicyclic amines) is 2. The molecule has 6 nitrogen and oxygen atoms in total. The van der Waals surface area contributed by atoms with Gasteiger partial charge in [-0.2, -0.15) is 24.4 Å². The lowest BCUT2D eigenvalue weighted by atomic mass is 9.96. The van der Waals surface area contributed by atoms with Crippen molar-refractivity contribution in [3.8, 4) is 11.1 Å². The summed E-state index contributed by atoms with van der Waals surface area (Å²) in [5, 5.41) is 3.30. The summed E-state index contributed by atoms with van der Waals surface area (Å²) in [6.45, 7) is 2.71. The van der Waals surface area contributed by atoms with Crippen molar-refractivity contribution in [3.05, 3.63) is 65.5 Å². The summed E-state index contributed by atoms with van der Waals surface area (Å²) in [5.41, 5.74) is 2.77. The van der Waals surface area contributed by atoms with E-state index in [1.165, 1.54) is 12.1 Å². The summed E-state index contributed by atoms with van der Waals surface area (Å²) in [4.78, 5) is 31.3. The first-order chi connectivity index (χ1) is 19.2. The second-order valence-electron chi connectivity index (χ2n) is 10.8. The van der Waals surface area contributed by atoms with E-state index in [4.69, 9.17) is 4.74 Å². The first-order valence-electron chi connectivity index (χ1n) is 13.9. The van der Waals surface area contributed by atoms with Gasteiger partial charge in [0.1, 0.15) is 18.0 Å². The van der Waals surface area contributed by atoms with Crippen molar-refractivity contribution >= 4 is 42.3 Å². The Morgan fingerprint density at radius 2 is 1.90 bits per heavy atom. The maximum atomic E-state index is 13.7. The number of nitrogens with zero attached hydrogens (tertiary/aromatic N) is 2. The third kappa shape index (κ3) is 8.35. The van der Waals surface area contributed by atoms with Gasteiger partial charge >= 0.3 is 5.97 Å². The van der Waals surface area contributed by atoms with Gasteiger partial charge in [0.15, 0.2) is 0 Å². The van der Waals surface area contributed by atoms with Crippen molar-refractivity contribution < 1.29 is 18.7 Å². The van der Waals surface area contributed by atoms with E-state index in [0.717, 1.165) is 50.0 Å². The lowest BCUT2D eigenvalue weighted by Crippen LogP contribution is -2.45. The highest BCUT2D eigenvalue weighted by atomic mass is 32.2. The molecule has 0 aliphatic carbocycles. The highest BCUT2D eigenvalue weighted by molar-refractivity contribution is 7.98. The fraction of sp³-hybridized carbons (Fsp3) is 0.484. The number of likely N-dealkylation sites (N-methyl/N-ethyl adjacent to an activating group) is 1. The minimum atomic E-state index is -0.743. The number of carbonyl (C=O) groups is 2. The van der Waals surface area contributed by atoms with Gasteiger partial charge in [0.2, 0.25) is 0 Å². The van der Waals surface area contributed by atoms with Crippen molar-refractivity contribution in [2.75, 3.05) is 45.7 Å². The van der Waals surface area contributed by atoms with Crippen molar-refractivity contribution in [1.29, 1.82) is 0 Å². The molecule has 2 fully saturated rings. The zero-order chi connectivity index (χ0) is 28.6. The second kappa shape index (κ2) is 14.5. The Labute approximate surface area is 247 Å². The zero-order valence-electron chi connectivity index (χ0n) is 23.5. The number of thiol groups is 1. The summed E-state index contributed by atoms with van der Waals surface area (Å²) in [5.74, 6) is -0.368.